The summed E-state index contributed by atoms with van der Waals surface area (Å²) >= 11 is 18.2. The molecule has 4 aromatic rings. The van der Waals surface area contributed by atoms with E-state index in [1.165, 1.54) is 0 Å². The molecule has 1 aliphatic heterocycles. The summed E-state index contributed by atoms with van der Waals surface area (Å²) < 4.78 is 6.41. The number of nitrogens with one attached hydrogen (secondary N) is 1. The van der Waals surface area contributed by atoms with E-state index in [9.17, 15) is 0 Å². The number of hydrogen-bond acceptors (Lipinski definition) is 3. The summed E-state index contributed by atoms with van der Waals surface area (Å²) in [6.45, 7) is 1.99. The van der Waals surface area contributed by atoms with Gasteiger partial charge in [-0.1, -0.05) is 41.4 Å². The van der Waals surface area contributed by atoms with Crippen molar-refractivity contribution in [2.45, 2.75) is 19.0 Å². The van der Waals surface area contributed by atoms with Crippen molar-refractivity contribution < 1.29 is 4.42 Å². The Kier molecular flexibility index (Phi) is 5.64. The van der Waals surface area contributed by atoms with E-state index < -0.39 is 0 Å². The number of pyridine rings is 1. The highest BCUT2D eigenvalue weighted by Crippen LogP contribution is 2.43. The van der Waals surface area contributed by atoms with Gasteiger partial charge < -0.3 is 14.6 Å². The fourth-order valence-corrected chi connectivity index (χ4v) is 4.70. The average molecular weight is 480 g/mol. The molecule has 3 heterocycles. The molecule has 2 aromatic heterocycles. The molecular formula is C25H19Cl2N3OS. The first kappa shape index (κ1) is 21.0. The van der Waals surface area contributed by atoms with Gasteiger partial charge in [0.25, 0.3) is 0 Å². The first-order valence-electron chi connectivity index (χ1n) is 10.1. The van der Waals surface area contributed by atoms with Gasteiger partial charge in [-0.3, -0.25) is 4.98 Å². The van der Waals surface area contributed by atoms with E-state index in [4.69, 9.17) is 39.8 Å². The van der Waals surface area contributed by atoms with Gasteiger partial charge in [-0.25, -0.2) is 0 Å². The maximum absolute atomic E-state index is 6.41. The lowest BCUT2D eigenvalue weighted by Gasteiger charge is -2.26. The minimum absolute atomic E-state index is 0.182. The fourth-order valence-electron chi connectivity index (χ4n) is 4.05. The lowest BCUT2D eigenvalue weighted by molar-refractivity contribution is 0.439. The van der Waals surface area contributed by atoms with Gasteiger partial charge in [0, 0.05) is 27.5 Å². The molecule has 0 radical (unpaired) electrons. The molecule has 7 heteroatoms. The van der Waals surface area contributed by atoms with Crippen molar-refractivity contribution in [3.63, 3.8) is 0 Å². The summed E-state index contributed by atoms with van der Waals surface area (Å²) in [4.78, 5) is 6.63. The standard InChI is InChI=1S/C25H19Cl2N3OS/c1-15-18(5-4-6-19(15)27)21-12-13-22(31-21)24-23(20-7-2-3-14-28-20)29-25(32)30(24)17-10-8-16(26)9-11-17/h2-14,23-24H,1H3,(H,29,32)/t23-,24-/m1/s1. The van der Waals surface area contributed by atoms with Crippen molar-refractivity contribution in [3.8, 4) is 11.3 Å². The van der Waals surface area contributed by atoms with Gasteiger partial charge in [0.05, 0.1) is 11.7 Å². The molecule has 0 spiro atoms. The Balaban J connectivity index is 1.61. The fraction of sp³-hybridized carbons (Fsp3) is 0.120. The highest BCUT2D eigenvalue weighted by atomic mass is 35.5. The number of halogens is 2. The summed E-state index contributed by atoms with van der Waals surface area (Å²) in [5.74, 6) is 1.53. The van der Waals surface area contributed by atoms with Crippen LogP contribution in [0, 0.1) is 6.92 Å². The van der Waals surface area contributed by atoms with Gasteiger partial charge in [-0.15, -0.1) is 0 Å². The maximum Gasteiger partial charge on any atom is 0.174 e. The third-order valence-electron chi connectivity index (χ3n) is 5.65. The molecule has 1 fully saturated rings. The van der Waals surface area contributed by atoms with Gasteiger partial charge >= 0.3 is 0 Å². The SMILES string of the molecule is Cc1c(Cl)cccc1-c1ccc([C@@H]2[C@@H](c3ccccn3)NC(=S)N2c2ccc(Cl)cc2)o1. The smallest absolute Gasteiger partial charge is 0.174 e. The largest absolute Gasteiger partial charge is 0.459 e. The Bertz CT molecular complexity index is 1270. The van der Waals surface area contributed by atoms with Crippen LogP contribution in [0.4, 0.5) is 5.69 Å². The molecule has 0 saturated carbocycles. The van der Waals surface area contributed by atoms with Gasteiger partial charge in [0.2, 0.25) is 0 Å². The van der Waals surface area contributed by atoms with Crippen molar-refractivity contribution in [2.75, 3.05) is 4.90 Å². The number of hydrogen-bond donors (Lipinski definition) is 1. The number of rotatable bonds is 4. The Labute approximate surface area is 201 Å². The quantitative estimate of drug-likeness (QED) is 0.315. The zero-order valence-corrected chi connectivity index (χ0v) is 19.5. The van der Waals surface area contributed by atoms with Gasteiger partial charge in [-0.05, 0) is 79.3 Å². The van der Waals surface area contributed by atoms with E-state index in [2.05, 4.69) is 15.2 Å². The molecule has 0 bridgehead atoms. The van der Waals surface area contributed by atoms with Crippen molar-refractivity contribution in [3.05, 3.63) is 106 Å². The molecule has 4 nitrogen and oxygen atoms in total. The van der Waals surface area contributed by atoms with E-state index in [1.807, 2.05) is 79.7 Å². The maximum atomic E-state index is 6.41. The Hall–Kier alpha value is -2.86. The highest BCUT2D eigenvalue weighted by Gasteiger charge is 2.42. The van der Waals surface area contributed by atoms with Gasteiger partial charge in [0.15, 0.2) is 5.11 Å². The molecule has 5 rings (SSSR count). The summed E-state index contributed by atoms with van der Waals surface area (Å²) in [5.41, 5.74) is 3.75. The molecule has 0 unspecified atom stereocenters. The molecule has 0 aliphatic carbocycles. The molecule has 2 aromatic carbocycles. The van der Waals surface area contributed by atoms with Gasteiger partial charge in [-0.2, -0.15) is 0 Å². The second-order valence-corrected chi connectivity index (χ2v) is 8.82. The third kappa shape index (κ3) is 3.77. The van der Waals surface area contributed by atoms with Crippen LogP contribution in [-0.2, 0) is 0 Å². The normalized spacial score (nSPS) is 18.1. The molecular weight excluding hydrogens is 461 g/mol. The second kappa shape index (κ2) is 8.58. The second-order valence-electron chi connectivity index (χ2n) is 7.59. The Morgan fingerprint density at radius 3 is 2.53 bits per heavy atom. The van der Waals surface area contributed by atoms with Crippen LogP contribution in [0.25, 0.3) is 11.3 Å². The predicted octanol–water partition coefficient (Wildman–Crippen LogP) is 7.13. The summed E-state index contributed by atoms with van der Waals surface area (Å²) in [6, 6.07) is 22.8. The van der Waals surface area contributed by atoms with Crippen molar-refractivity contribution >= 4 is 46.2 Å². The Morgan fingerprint density at radius 1 is 0.969 bits per heavy atom. The van der Waals surface area contributed by atoms with E-state index in [0.717, 1.165) is 34.0 Å². The van der Waals surface area contributed by atoms with Crippen LogP contribution in [0.3, 0.4) is 0 Å². The van der Waals surface area contributed by atoms with Crippen LogP contribution in [0.5, 0.6) is 0 Å². The van der Waals surface area contributed by atoms with Gasteiger partial charge in [0.1, 0.15) is 17.6 Å². The first-order chi connectivity index (χ1) is 15.5. The van der Waals surface area contributed by atoms with Crippen LogP contribution in [0.15, 0.2) is 83.4 Å². The lowest BCUT2D eigenvalue weighted by Crippen LogP contribution is -2.29. The highest BCUT2D eigenvalue weighted by molar-refractivity contribution is 7.80. The van der Waals surface area contributed by atoms with Crippen LogP contribution >= 0.6 is 35.4 Å². The van der Waals surface area contributed by atoms with E-state index in [1.54, 1.807) is 6.20 Å². The number of furan rings is 1. The van der Waals surface area contributed by atoms with Crippen LogP contribution in [0.2, 0.25) is 10.0 Å². The van der Waals surface area contributed by atoms with E-state index >= 15 is 0 Å². The summed E-state index contributed by atoms with van der Waals surface area (Å²) in [5, 5.41) is 5.41. The minimum atomic E-state index is -0.230. The molecule has 160 valence electrons. The number of thiocarbonyl (C=S) groups is 1. The van der Waals surface area contributed by atoms with Crippen LogP contribution in [0.1, 0.15) is 29.1 Å². The summed E-state index contributed by atoms with van der Waals surface area (Å²) in [6.07, 6.45) is 1.78. The van der Waals surface area contributed by atoms with E-state index in [-0.39, 0.29) is 12.1 Å². The van der Waals surface area contributed by atoms with E-state index in [0.29, 0.717) is 15.2 Å². The number of nitrogens with zero attached hydrogens (tertiary/aromatic N) is 2. The van der Waals surface area contributed by atoms with Crippen molar-refractivity contribution in [2.24, 2.45) is 0 Å². The molecule has 0 amide bonds. The molecule has 2 atom stereocenters. The topological polar surface area (TPSA) is 41.3 Å². The lowest BCUT2D eigenvalue weighted by atomic mass is 10.0. The van der Waals surface area contributed by atoms with Crippen LogP contribution < -0.4 is 10.2 Å². The third-order valence-corrected chi connectivity index (χ3v) is 6.63. The zero-order chi connectivity index (χ0) is 22.2. The number of aromatic nitrogens is 1. The zero-order valence-electron chi connectivity index (χ0n) is 17.1. The predicted molar refractivity (Wildman–Crippen MR) is 133 cm³/mol. The summed E-state index contributed by atoms with van der Waals surface area (Å²) in [7, 11) is 0. The Morgan fingerprint density at radius 2 is 1.78 bits per heavy atom. The number of anilines is 1. The monoisotopic (exact) mass is 479 g/mol. The van der Waals surface area contributed by atoms with Crippen molar-refractivity contribution in [1.29, 1.82) is 0 Å². The minimum Gasteiger partial charge on any atom is -0.459 e. The molecule has 1 saturated heterocycles. The molecule has 32 heavy (non-hydrogen) atoms. The average Bonchev–Trinajstić information content (AvgIpc) is 3.41. The van der Waals surface area contributed by atoms with Crippen LogP contribution in [-0.4, -0.2) is 10.1 Å². The first-order valence-corrected chi connectivity index (χ1v) is 11.3. The molecule has 1 N–H and O–H groups in total. The number of benzene rings is 2. The van der Waals surface area contributed by atoms with Crippen molar-refractivity contribution in [1.82, 2.24) is 10.3 Å². The molecule has 1 aliphatic rings.